The molecule has 3 atom stereocenters. The van der Waals surface area contributed by atoms with Crippen LogP contribution >= 0.6 is 0 Å². The number of aliphatic hydroxyl groups excluding tert-OH is 3. The molecule has 1 fully saturated rings. The Kier molecular flexibility index (Phi) is 7.06. The molecule has 7 heteroatoms. The molecule has 0 aliphatic carbocycles. The Morgan fingerprint density at radius 2 is 2.07 bits per heavy atom. The van der Waals surface area contributed by atoms with Crippen molar-refractivity contribution >= 4 is 28.4 Å². The average Bonchev–Trinajstić information content (AvgIpc) is 2.75. The smallest absolute Gasteiger partial charge is 0.262 e. The molecule has 2 aromatic carbocycles. The second-order valence-corrected chi connectivity index (χ2v) is 7.47. The van der Waals surface area contributed by atoms with Crippen LogP contribution in [0.4, 0.5) is 5.69 Å². The Balaban J connectivity index is 1.93. The Hall–Kier alpha value is -2.92. The first-order chi connectivity index (χ1) is 14.5. The summed E-state index contributed by atoms with van der Waals surface area (Å²) in [5.41, 5.74) is 1.71. The normalized spacial score (nSPS) is 18.4. The number of hydrogen-bond acceptors (Lipinski definition) is 6. The molecular formula is C23H27N3O4. The molecule has 4 N–H and O–H groups in total. The van der Waals surface area contributed by atoms with Gasteiger partial charge in [-0.3, -0.25) is 4.79 Å². The largest absolute Gasteiger partial charge is 0.394 e. The van der Waals surface area contributed by atoms with Crippen LogP contribution in [0.1, 0.15) is 25.3 Å². The van der Waals surface area contributed by atoms with E-state index in [-0.39, 0.29) is 12.1 Å². The van der Waals surface area contributed by atoms with Crippen LogP contribution in [0, 0.1) is 11.3 Å². The summed E-state index contributed by atoms with van der Waals surface area (Å²) in [4.78, 5) is 14.8. The predicted octanol–water partition coefficient (Wildman–Crippen LogP) is 1.57. The molecule has 1 saturated heterocycles. The van der Waals surface area contributed by atoms with E-state index in [1.807, 2.05) is 42.5 Å². The molecule has 158 valence electrons. The van der Waals surface area contributed by atoms with Crippen LogP contribution in [0.5, 0.6) is 0 Å². The van der Waals surface area contributed by atoms with E-state index in [1.165, 1.54) is 0 Å². The molecule has 0 spiro atoms. The highest BCUT2D eigenvalue weighted by Gasteiger charge is 2.29. The van der Waals surface area contributed by atoms with Gasteiger partial charge in [0.25, 0.3) is 5.91 Å². The number of amides is 1. The number of aliphatic hydroxyl groups is 3. The maximum atomic E-state index is 12.5. The monoisotopic (exact) mass is 409 g/mol. The molecule has 1 aliphatic heterocycles. The van der Waals surface area contributed by atoms with Gasteiger partial charge in [-0.2, -0.15) is 5.26 Å². The number of nitrogens with one attached hydrogen (secondary N) is 1. The second-order valence-electron chi connectivity index (χ2n) is 7.47. The summed E-state index contributed by atoms with van der Waals surface area (Å²) in [5.74, 6) is -0.642. The van der Waals surface area contributed by atoms with Crippen LogP contribution < -0.4 is 10.2 Å². The highest BCUT2D eigenvalue weighted by molar-refractivity contribution is 6.05. The van der Waals surface area contributed by atoms with E-state index >= 15 is 0 Å². The number of carbonyl (C=O) groups excluding carboxylic acids is 1. The fourth-order valence-corrected chi connectivity index (χ4v) is 3.72. The molecule has 0 bridgehead atoms. The Labute approximate surface area is 175 Å². The lowest BCUT2D eigenvalue weighted by Crippen LogP contribution is -2.47. The van der Waals surface area contributed by atoms with E-state index in [0.29, 0.717) is 6.04 Å². The average molecular weight is 409 g/mol. The molecule has 30 heavy (non-hydrogen) atoms. The second kappa shape index (κ2) is 9.72. The minimum absolute atomic E-state index is 0.0919. The molecule has 1 heterocycles. The maximum Gasteiger partial charge on any atom is 0.262 e. The van der Waals surface area contributed by atoms with Gasteiger partial charge in [-0.25, -0.2) is 0 Å². The number of rotatable bonds is 8. The Morgan fingerprint density at radius 3 is 2.70 bits per heavy atom. The number of benzene rings is 2. The van der Waals surface area contributed by atoms with Crippen molar-refractivity contribution in [3.8, 4) is 6.07 Å². The van der Waals surface area contributed by atoms with Crippen LogP contribution in [0.15, 0.2) is 42.0 Å². The third-order valence-electron chi connectivity index (χ3n) is 5.60. The number of nitriles is 1. The summed E-state index contributed by atoms with van der Waals surface area (Å²) in [6.07, 6.45) is 1.02. The summed E-state index contributed by atoms with van der Waals surface area (Å²) < 4.78 is 0. The van der Waals surface area contributed by atoms with E-state index in [0.717, 1.165) is 41.4 Å². The van der Waals surface area contributed by atoms with E-state index in [9.17, 15) is 20.3 Å². The fraction of sp³-hybridized carbons (Fsp3) is 0.391. The SMILES string of the molecule is CCC1CCN1c1c(/C=C(\C#N)C(=O)NCC(O)C(O)CO)ccc2ccccc12. The van der Waals surface area contributed by atoms with Gasteiger partial charge in [0, 0.05) is 24.5 Å². The fourth-order valence-electron chi connectivity index (χ4n) is 3.72. The minimum atomic E-state index is -1.36. The molecular weight excluding hydrogens is 382 g/mol. The molecule has 7 nitrogen and oxygen atoms in total. The van der Waals surface area contributed by atoms with Crippen LogP contribution in [0.25, 0.3) is 16.8 Å². The van der Waals surface area contributed by atoms with Gasteiger partial charge in [-0.05, 0) is 29.9 Å². The van der Waals surface area contributed by atoms with Crippen LogP contribution in [0.3, 0.4) is 0 Å². The summed E-state index contributed by atoms with van der Waals surface area (Å²) in [7, 11) is 0. The van der Waals surface area contributed by atoms with E-state index in [4.69, 9.17) is 5.11 Å². The standard InChI is InChI=1S/C23H27N3O4/c1-2-18-9-10-26(18)22-16(8-7-15-5-3-4-6-19(15)22)11-17(12-24)23(30)25-13-20(28)21(29)14-27/h3-8,11,18,20-21,27-29H,2,9-10,13-14H2,1H3,(H,25,30)/b17-11+. The van der Waals surface area contributed by atoms with Crippen molar-refractivity contribution in [2.45, 2.75) is 38.0 Å². The lowest BCUT2D eigenvalue weighted by Gasteiger charge is -2.44. The van der Waals surface area contributed by atoms with Gasteiger partial charge in [-0.15, -0.1) is 0 Å². The van der Waals surface area contributed by atoms with Gasteiger partial charge in [0.15, 0.2) is 0 Å². The highest BCUT2D eigenvalue weighted by atomic mass is 16.4. The van der Waals surface area contributed by atoms with Crippen molar-refractivity contribution in [2.24, 2.45) is 0 Å². The van der Waals surface area contributed by atoms with Gasteiger partial charge in [0.1, 0.15) is 17.7 Å². The molecule has 1 amide bonds. The van der Waals surface area contributed by atoms with Crippen LogP contribution in [0.2, 0.25) is 0 Å². The highest BCUT2D eigenvalue weighted by Crippen LogP contribution is 2.38. The number of anilines is 1. The van der Waals surface area contributed by atoms with Crippen molar-refractivity contribution in [3.05, 3.63) is 47.5 Å². The van der Waals surface area contributed by atoms with Crippen molar-refractivity contribution < 1.29 is 20.1 Å². The van der Waals surface area contributed by atoms with Crippen molar-refractivity contribution in [2.75, 3.05) is 24.6 Å². The topological polar surface area (TPSA) is 117 Å². The van der Waals surface area contributed by atoms with Gasteiger partial charge in [0.05, 0.1) is 18.4 Å². The zero-order chi connectivity index (χ0) is 21.7. The summed E-state index contributed by atoms with van der Waals surface area (Å²) in [6.45, 7) is 2.19. The van der Waals surface area contributed by atoms with Crippen molar-refractivity contribution in [1.82, 2.24) is 5.32 Å². The van der Waals surface area contributed by atoms with Crippen molar-refractivity contribution in [1.29, 1.82) is 5.26 Å². The Bertz CT molecular complexity index is 980. The third kappa shape index (κ3) is 4.46. The zero-order valence-electron chi connectivity index (χ0n) is 17.0. The number of nitrogens with zero attached hydrogens (tertiary/aromatic N) is 2. The summed E-state index contributed by atoms with van der Waals surface area (Å²) in [6, 6.07) is 14.3. The first-order valence-corrected chi connectivity index (χ1v) is 10.2. The quantitative estimate of drug-likeness (QED) is 0.388. The zero-order valence-corrected chi connectivity index (χ0v) is 17.0. The lowest BCUT2D eigenvalue weighted by atomic mass is 9.94. The molecule has 1 aliphatic rings. The lowest BCUT2D eigenvalue weighted by molar-refractivity contribution is -0.118. The van der Waals surface area contributed by atoms with Gasteiger partial charge < -0.3 is 25.5 Å². The molecule has 0 saturated carbocycles. The molecule has 3 unspecified atom stereocenters. The summed E-state index contributed by atoms with van der Waals surface area (Å²) >= 11 is 0. The summed E-state index contributed by atoms with van der Waals surface area (Å²) in [5, 5.41) is 42.1. The molecule has 0 radical (unpaired) electrons. The minimum Gasteiger partial charge on any atom is -0.394 e. The number of fused-ring (bicyclic) bond motifs is 1. The van der Waals surface area contributed by atoms with E-state index in [1.54, 1.807) is 6.08 Å². The van der Waals surface area contributed by atoms with Crippen molar-refractivity contribution in [3.63, 3.8) is 0 Å². The Morgan fingerprint density at radius 1 is 1.30 bits per heavy atom. The maximum absolute atomic E-state index is 12.5. The molecule has 0 aromatic heterocycles. The van der Waals surface area contributed by atoms with Crippen LogP contribution in [-0.2, 0) is 4.79 Å². The van der Waals surface area contributed by atoms with Gasteiger partial charge >= 0.3 is 0 Å². The van der Waals surface area contributed by atoms with E-state index in [2.05, 4.69) is 17.1 Å². The van der Waals surface area contributed by atoms with Crippen LogP contribution in [-0.4, -0.2) is 59.2 Å². The first-order valence-electron chi connectivity index (χ1n) is 10.2. The van der Waals surface area contributed by atoms with Gasteiger partial charge in [0.2, 0.25) is 0 Å². The third-order valence-corrected chi connectivity index (χ3v) is 5.60. The molecule has 3 rings (SSSR count). The predicted molar refractivity (Wildman–Crippen MR) is 116 cm³/mol. The molecule has 2 aromatic rings. The number of hydrogen-bond donors (Lipinski definition) is 4. The van der Waals surface area contributed by atoms with Gasteiger partial charge in [-0.1, -0.05) is 43.3 Å². The first kappa shape index (κ1) is 21.8. The number of carbonyl (C=O) groups is 1. The van der Waals surface area contributed by atoms with E-state index < -0.39 is 24.7 Å².